The summed E-state index contributed by atoms with van der Waals surface area (Å²) in [5.41, 5.74) is 2.16. The Hall–Kier alpha value is -3.56. The van der Waals surface area contributed by atoms with Gasteiger partial charge in [0, 0.05) is 22.2 Å². The van der Waals surface area contributed by atoms with Crippen molar-refractivity contribution >= 4 is 38.1 Å². The Morgan fingerprint density at radius 1 is 0.935 bits per heavy atom. The van der Waals surface area contributed by atoms with Crippen molar-refractivity contribution in [2.24, 2.45) is 0 Å². The van der Waals surface area contributed by atoms with Gasteiger partial charge in [0.05, 0.1) is 10.6 Å². The molecule has 4 aromatic rings. The third-order valence-corrected chi connectivity index (χ3v) is 6.45. The van der Waals surface area contributed by atoms with Crippen LogP contribution in [0.1, 0.15) is 10.4 Å². The van der Waals surface area contributed by atoms with Crippen LogP contribution in [0, 0.1) is 5.82 Å². The average Bonchev–Trinajstić information content (AvgIpc) is 3.23. The maximum Gasteiger partial charge on any atom is 0.261 e. The SMILES string of the molecule is O=C(Nc1nc(-c2ccccc2)cs1)c1cccc(NS(=O)(=O)c2ccc(F)cc2)c1. The Bertz CT molecular complexity index is 1320. The minimum Gasteiger partial charge on any atom is -0.298 e. The lowest BCUT2D eigenvalue weighted by atomic mass is 10.2. The van der Waals surface area contributed by atoms with Gasteiger partial charge in [-0.05, 0) is 42.5 Å². The number of thiazole rings is 1. The second-order valence-electron chi connectivity index (χ2n) is 6.50. The van der Waals surface area contributed by atoms with Crippen LogP contribution < -0.4 is 10.0 Å². The molecule has 0 unspecified atom stereocenters. The first-order valence-electron chi connectivity index (χ1n) is 9.11. The highest BCUT2D eigenvalue weighted by Crippen LogP contribution is 2.25. The van der Waals surface area contributed by atoms with Crippen LogP contribution >= 0.6 is 11.3 Å². The number of benzene rings is 3. The van der Waals surface area contributed by atoms with E-state index in [1.54, 1.807) is 12.1 Å². The number of anilines is 2. The number of amides is 1. The number of carbonyl (C=O) groups is 1. The summed E-state index contributed by atoms with van der Waals surface area (Å²) in [4.78, 5) is 17.0. The predicted molar refractivity (Wildman–Crippen MR) is 119 cm³/mol. The summed E-state index contributed by atoms with van der Waals surface area (Å²) >= 11 is 1.29. The van der Waals surface area contributed by atoms with Crippen molar-refractivity contribution in [2.45, 2.75) is 4.90 Å². The number of hydrogen-bond acceptors (Lipinski definition) is 5. The van der Waals surface area contributed by atoms with Gasteiger partial charge in [-0.2, -0.15) is 0 Å². The molecule has 0 spiro atoms. The first kappa shape index (κ1) is 20.7. The van der Waals surface area contributed by atoms with Gasteiger partial charge in [0.2, 0.25) is 0 Å². The molecule has 4 rings (SSSR count). The maximum atomic E-state index is 13.1. The third kappa shape index (κ3) is 4.96. The summed E-state index contributed by atoms with van der Waals surface area (Å²) in [5.74, 6) is -0.952. The van der Waals surface area contributed by atoms with Gasteiger partial charge in [0.1, 0.15) is 5.82 Å². The quantitative estimate of drug-likeness (QED) is 0.430. The monoisotopic (exact) mass is 453 g/mol. The van der Waals surface area contributed by atoms with Gasteiger partial charge in [0.15, 0.2) is 5.13 Å². The summed E-state index contributed by atoms with van der Waals surface area (Å²) in [7, 11) is -3.92. The van der Waals surface area contributed by atoms with Gasteiger partial charge in [-0.1, -0.05) is 36.4 Å². The molecule has 0 aliphatic heterocycles. The van der Waals surface area contributed by atoms with Crippen LogP contribution in [-0.2, 0) is 10.0 Å². The normalized spacial score (nSPS) is 11.1. The average molecular weight is 454 g/mol. The second kappa shape index (κ2) is 8.66. The van der Waals surface area contributed by atoms with Crippen molar-refractivity contribution in [3.05, 3.63) is 95.6 Å². The van der Waals surface area contributed by atoms with Crippen LogP contribution in [-0.4, -0.2) is 19.3 Å². The van der Waals surface area contributed by atoms with E-state index in [0.29, 0.717) is 5.13 Å². The Morgan fingerprint density at radius 2 is 1.68 bits per heavy atom. The molecule has 9 heteroatoms. The molecule has 0 atom stereocenters. The molecule has 1 heterocycles. The maximum absolute atomic E-state index is 13.1. The topological polar surface area (TPSA) is 88.2 Å². The van der Waals surface area contributed by atoms with E-state index < -0.39 is 21.7 Å². The Kier molecular flexibility index (Phi) is 5.79. The van der Waals surface area contributed by atoms with E-state index in [2.05, 4.69) is 15.0 Å². The molecule has 156 valence electrons. The van der Waals surface area contributed by atoms with Crippen molar-refractivity contribution < 1.29 is 17.6 Å². The van der Waals surface area contributed by atoms with Gasteiger partial charge in [-0.3, -0.25) is 14.8 Å². The molecule has 0 aliphatic rings. The number of rotatable bonds is 6. The third-order valence-electron chi connectivity index (χ3n) is 4.30. The molecule has 6 nitrogen and oxygen atoms in total. The fourth-order valence-electron chi connectivity index (χ4n) is 2.79. The Morgan fingerprint density at radius 3 is 2.42 bits per heavy atom. The van der Waals surface area contributed by atoms with Crippen molar-refractivity contribution in [1.29, 1.82) is 0 Å². The lowest BCUT2D eigenvalue weighted by Gasteiger charge is -2.09. The van der Waals surface area contributed by atoms with Crippen LogP contribution in [0.15, 0.2) is 89.1 Å². The first-order valence-corrected chi connectivity index (χ1v) is 11.5. The summed E-state index contributed by atoms with van der Waals surface area (Å²) in [6.07, 6.45) is 0. The van der Waals surface area contributed by atoms with E-state index in [-0.39, 0.29) is 16.1 Å². The largest absolute Gasteiger partial charge is 0.298 e. The zero-order chi connectivity index (χ0) is 21.8. The van der Waals surface area contributed by atoms with Gasteiger partial charge in [0.25, 0.3) is 15.9 Å². The molecule has 0 bridgehead atoms. The van der Waals surface area contributed by atoms with Crippen LogP contribution in [0.4, 0.5) is 15.2 Å². The van der Waals surface area contributed by atoms with Gasteiger partial charge >= 0.3 is 0 Å². The van der Waals surface area contributed by atoms with Crippen molar-refractivity contribution in [3.8, 4) is 11.3 Å². The van der Waals surface area contributed by atoms with E-state index >= 15 is 0 Å². The van der Waals surface area contributed by atoms with Crippen LogP contribution in [0.5, 0.6) is 0 Å². The summed E-state index contributed by atoms with van der Waals surface area (Å²) < 4.78 is 40.4. The van der Waals surface area contributed by atoms with Crippen molar-refractivity contribution in [3.63, 3.8) is 0 Å². The zero-order valence-corrected chi connectivity index (χ0v) is 17.6. The minimum absolute atomic E-state index is 0.0834. The molecule has 0 radical (unpaired) electrons. The highest BCUT2D eigenvalue weighted by molar-refractivity contribution is 7.92. The van der Waals surface area contributed by atoms with E-state index in [9.17, 15) is 17.6 Å². The first-order chi connectivity index (χ1) is 14.9. The lowest BCUT2D eigenvalue weighted by molar-refractivity contribution is 0.102. The van der Waals surface area contributed by atoms with E-state index in [1.165, 1.54) is 35.6 Å². The minimum atomic E-state index is -3.92. The molecule has 1 aromatic heterocycles. The van der Waals surface area contributed by atoms with E-state index in [1.807, 2.05) is 35.7 Å². The number of hydrogen-bond donors (Lipinski definition) is 2. The fraction of sp³-hybridized carbons (Fsp3) is 0. The van der Waals surface area contributed by atoms with Crippen LogP contribution in [0.3, 0.4) is 0 Å². The number of carbonyl (C=O) groups excluding carboxylic acids is 1. The number of aromatic nitrogens is 1. The summed E-state index contributed by atoms with van der Waals surface area (Å²) in [5, 5.41) is 5.00. The van der Waals surface area contributed by atoms with Gasteiger partial charge in [-0.15, -0.1) is 11.3 Å². The molecular weight excluding hydrogens is 437 g/mol. The molecule has 3 aromatic carbocycles. The lowest BCUT2D eigenvalue weighted by Crippen LogP contribution is -2.15. The highest BCUT2D eigenvalue weighted by Gasteiger charge is 2.16. The fourth-order valence-corrected chi connectivity index (χ4v) is 4.56. The molecule has 0 saturated carbocycles. The van der Waals surface area contributed by atoms with E-state index in [4.69, 9.17) is 0 Å². The standard InChI is InChI=1S/C22H16FN3O3S2/c23-17-9-11-19(12-10-17)31(28,29)26-18-8-4-7-16(13-18)21(27)25-22-24-20(14-30-22)15-5-2-1-3-6-15/h1-14,26H,(H,24,25,27). The number of sulfonamides is 1. The predicted octanol–water partition coefficient (Wildman–Crippen LogP) is 5.00. The Labute approximate surface area is 182 Å². The van der Waals surface area contributed by atoms with Gasteiger partial charge < -0.3 is 0 Å². The van der Waals surface area contributed by atoms with Crippen LogP contribution in [0.2, 0.25) is 0 Å². The molecule has 0 fully saturated rings. The molecule has 0 aliphatic carbocycles. The Balaban J connectivity index is 1.48. The molecule has 0 saturated heterocycles. The molecule has 31 heavy (non-hydrogen) atoms. The summed E-state index contributed by atoms with van der Waals surface area (Å²) in [6.45, 7) is 0. The van der Waals surface area contributed by atoms with Crippen LogP contribution in [0.25, 0.3) is 11.3 Å². The number of nitrogens with zero attached hydrogens (tertiary/aromatic N) is 1. The van der Waals surface area contributed by atoms with Crippen molar-refractivity contribution in [1.82, 2.24) is 4.98 Å². The molecular formula is C22H16FN3O3S2. The summed E-state index contributed by atoms with van der Waals surface area (Å²) in [6, 6.07) is 20.1. The van der Waals surface area contributed by atoms with E-state index in [0.717, 1.165) is 23.4 Å². The van der Waals surface area contributed by atoms with Crippen molar-refractivity contribution in [2.75, 3.05) is 10.0 Å². The smallest absolute Gasteiger partial charge is 0.261 e. The zero-order valence-electron chi connectivity index (χ0n) is 15.9. The number of nitrogens with one attached hydrogen (secondary N) is 2. The molecule has 2 N–H and O–H groups in total. The second-order valence-corrected chi connectivity index (χ2v) is 9.04. The molecule has 1 amide bonds. The number of halogens is 1. The highest BCUT2D eigenvalue weighted by atomic mass is 32.2. The van der Waals surface area contributed by atoms with Gasteiger partial charge in [-0.25, -0.2) is 17.8 Å².